The van der Waals surface area contributed by atoms with Crippen LogP contribution in [0.1, 0.15) is 0 Å². The molecule has 136 heteroatoms. The van der Waals surface area contributed by atoms with Crippen molar-refractivity contribution in [2.24, 2.45) is 0 Å². The Morgan fingerprint density at radius 2 is 0.162 bits per heavy atom. The van der Waals surface area contributed by atoms with Gasteiger partial charge in [0.1, 0.15) is 0 Å². The molecule has 30 rings (SSSR count). The Bertz CT molecular complexity index is 4270. The summed E-state index contributed by atoms with van der Waals surface area (Å²) in [5.41, 5.74) is 0. The molecule has 30 fully saturated rings. The van der Waals surface area contributed by atoms with E-state index in [4.69, 9.17) is 259 Å². The minimum absolute atomic E-state index is 4.84. The lowest BCUT2D eigenvalue weighted by Crippen LogP contribution is -2.92. The molecule has 0 radical (unpaired) electrons. The minimum atomic E-state index is -7.14. The van der Waals surface area contributed by atoms with Crippen molar-refractivity contribution in [2.45, 2.75) is 0 Å². The number of rotatable bonds is 6. The molecule has 30 saturated heterocycles. The van der Waals surface area contributed by atoms with E-state index in [2.05, 4.69) is 0 Å². The van der Waals surface area contributed by atoms with Crippen molar-refractivity contribution in [1.29, 1.82) is 0 Å². The largest absolute Gasteiger partial charge is 0.659 e. The quantitative estimate of drug-likeness (QED) is 0.110. The molecule has 0 spiro atoms. The van der Waals surface area contributed by atoms with Gasteiger partial charge in [-0.1, -0.05) is 0 Å². The van der Waals surface area contributed by atoms with Crippen molar-refractivity contribution in [3.63, 3.8) is 0 Å². The van der Waals surface area contributed by atoms with E-state index in [0.29, 0.717) is 0 Å². The summed E-state index contributed by atoms with van der Waals surface area (Å²) in [5.74, 6) is 0. The predicted molar refractivity (Wildman–Crippen MR) is 373 cm³/mol. The normalized spacial score (nSPS) is 67.4. The maximum Gasteiger partial charge on any atom is 0.659 e. The molecule has 0 aromatic rings. The van der Waals surface area contributed by atoms with Crippen molar-refractivity contribution in [2.75, 3.05) is 0 Å². The van der Waals surface area contributed by atoms with Gasteiger partial charge in [-0.2, -0.15) is 0 Å². The van der Waals surface area contributed by atoms with Crippen LogP contribution in [0.2, 0.25) is 0 Å². The van der Waals surface area contributed by atoms with Crippen molar-refractivity contribution in [3.8, 4) is 0 Å². The third-order valence-corrected chi connectivity index (χ3v) is 145. The molecular formula is H34O96Si40. The average Bonchev–Trinajstić information content (AvgIpc) is 0.691. The van der Waals surface area contributed by atoms with Gasteiger partial charge < -0.3 is 418 Å². The van der Waals surface area contributed by atoms with Gasteiger partial charge in [-0.3, -0.25) is 0 Å². The zero-order valence-electron chi connectivity index (χ0n) is 60.6. The zero-order chi connectivity index (χ0) is 97.6. The topological polar surface area (TPSA) is 1250 Å². The molecule has 0 amide bonds. The molecule has 0 aromatic carbocycles. The van der Waals surface area contributed by atoms with Crippen molar-refractivity contribution in [1.82, 2.24) is 0 Å². The highest BCUT2D eigenvalue weighted by Crippen LogP contribution is 2.57. The second kappa shape index (κ2) is 29.0. The highest BCUT2D eigenvalue weighted by Gasteiger charge is 3.00. The van der Waals surface area contributed by atoms with Crippen LogP contribution in [0.4, 0.5) is 0 Å². The van der Waals surface area contributed by atoms with Crippen LogP contribution in [0, 0.1) is 0 Å². The standard InChI is InChI=1S/H20O57Si24.H14O39Si16/c1-59-20-58-21-78(56-80-50-71(13)33-62(4)25-60(2)26-63(5,35-71)37-73(15,52-80)38-64(6,27-60)36-72(14,34-62)51-80)46-69(11,23-59)31-68(10)32-70(12,24-59)47-79(22-58,49-77(19,45-68)48-78)57-81-53-74(16)39-65(7)28-61(3)29-66(8,41-74)43-76(18,55-81)44-67(9,30-61)42-75(17,40-65)54-81;1-40-15-42(3)21-48(9)23-43(4,16-40)25-50(11)26-44(5,17-40)24-49(10,22-42)34-54(33-48,35-50)39-55-36-51(12)27-45(6)18-41(2)19-46(7,29-51)31-53(14,38-55)32-47(8,20-41)30-52(13,28-45)37-55/h1-19,58H;1-14H. The lowest BCUT2D eigenvalue weighted by molar-refractivity contribution is -0.161. The van der Waals surface area contributed by atoms with Gasteiger partial charge in [0, 0.05) is 0 Å². The van der Waals surface area contributed by atoms with Crippen LogP contribution in [0.5, 0.6) is 0 Å². The second-order valence-corrected chi connectivity index (χ2v) is 120. The van der Waals surface area contributed by atoms with Crippen molar-refractivity contribution in [3.05, 3.63) is 0 Å². The summed E-state index contributed by atoms with van der Waals surface area (Å²) in [4.78, 5) is 380. The molecule has 0 aromatic heterocycles. The molecule has 33 N–H and O–H groups in total. The van der Waals surface area contributed by atoms with Crippen LogP contribution in [0.25, 0.3) is 0 Å². The van der Waals surface area contributed by atoms with Gasteiger partial charge in [0.05, 0.1) is 0 Å². The maximum absolute atomic E-state index is 12.6. The molecule has 770 valence electrons. The van der Waals surface area contributed by atoms with E-state index in [0.717, 1.165) is 0 Å². The van der Waals surface area contributed by atoms with Crippen LogP contribution < -0.4 is 0 Å². The molecular weight excluding hydrogens is 2660 g/mol. The van der Waals surface area contributed by atoms with E-state index in [-0.39, 0.29) is 0 Å². The Balaban J connectivity index is 0.000000160. The van der Waals surface area contributed by atoms with Gasteiger partial charge >= 0.3 is 362 Å². The Kier molecular flexibility index (Phi) is 21.9. The fourth-order valence-corrected chi connectivity index (χ4v) is 169. The molecule has 136 heavy (non-hydrogen) atoms. The number of hydrogen-bond acceptors (Lipinski definition) is 96. The Morgan fingerprint density at radius 3 is 0.272 bits per heavy atom. The highest BCUT2D eigenvalue weighted by molar-refractivity contribution is 7.06. The van der Waals surface area contributed by atoms with Crippen LogP contribution >= 0.6 is 0 Å². The first-order valence-corrected chi connectivity index (χ1v) is 99.6. The summed E-state index contributed by atoms with van der Waals surface area (Å²) in [7, 11) is -258. The molecule has 4 atom stereocenters. The third kappa shape index (κ3) is 18.3. The van der Waals surface area contributed by atoms with E-state index < -0.39 is 362 Å². The van der Waals surface area contributed by atoms with E-state index in [1.54, 1.807) is 0 Å². The van der Waals surface area contributed by atoms with Gasteiger partial charge in [0.2, 0.25) is 0 Å². The Hall–Kier alpha value is 4.84. The summed E-state index contributed by atoms with van der Waals surface area (Å²) in [6.07, 6.45) is 0. The molecule has 40 bridgehead atoms. The van der Waals surface area contributed by atoms with E-state index in [1.165, 1.54) is 0 Å². The fraction of sp³-hybridized carbons (Fsp3) is 0. The van der Waals surface area contributed by atoms with E-state index in [9.17, 15) is 158 Å². The SMILES string of the molecule is O[Si]12O[SiH]3O[Si]4(O[Si]56O[Si]7(O)O[Si]8(O)O[Si]9(O)O[Si](O)(O7)O[Si](O)(O[Si](O)(O9)O[Si](O)(O8)O5)O6)O[Si](O)(O1)O[Si]1(O)O[Si](O)(O2)O[Si](O[Si]25O[Si]6(O)O[Si]7(O)O[Si]8(O)O[Si](O)(O6)O[Si](O)(O[Si](O)(O8)O[Si](O)(O7)O2)O5)(O3)O[Si](O)(O1)O4.O[Si]12O[Si]3(O)O[Si]4(O)O[Si](O)(O1)O[Si]1(O)O[Si](O)(O2)O[Si](O)(O3)O[Si](O[Si]23O[Si]5(O)O[Si]6(O)O[Si]7(O)O[Si](O)(O5)O[Si](O)(O[Si](O)(O7)O[Si](O)(O6)O2)O3)(O4)O1. The minimum Gasteiger partial charge on any atom is -0.369 e. The van der Waals surface area contributed by atoms with Gasteiger partial charge in [-0.25, -0.2) is 0 Å². The fourth-order valence-electron chi connectivity index (χ4n) is 12.9. The van der Waals surface area contributed by atoms with Crippen LogP contribution in [-0.2, 0) is 259 Å². The van der Waals surface area contributed by atoms with Crippen LogP contribution in [0.15, 0.2) is 0 Å². The van der Waals surface area contributed by atoms with Crippen molar-refractivity contribution >= 4 is 362 Å². The average molecular weight is 2690 g/mol. The van der Waals surface area contributed by atoms with E-state index >= 15 is 0 Å². The first-order chi connectivity index (χ1) is 61.2. The van der Waals surface area contributed by atoms with E-state index in [1.807, 2.05) is 0 Å². The van der Waals surface area contributed by atoms with Gasteiger partial charge in [-0.15, -0.1) is 0 Å². The van der Waals surface area contributed by atoms with Crippen LogP contribution in [0.3, 0.4) is 0 Å². The lowest BCUT2D eigenvalue weighted by Gasteiger charge is -2.56. The molecule has 30 heterocycles. The summed E-state index contributed by atoms with van der Waals surface area (Å²) in [5, 5.41) is 0. The molecule has 0 saturated carbocycles. The third-order valence-electron chi connectivity index (χ3n) is 16.1. The van der Waals surface area contributed by atoms with Gasteiger partial charge in [0.15, 0.2) is 0 Å². The Labute approximate surface area is 774 Å². The van der Waals surface area contributed by atoms with Gasteiger partial charge in [-0.05, 0) is 0 Å². The van der Waals surface area contributed by atoms with Crippen LogP contribution in [-0.4, -0.2) is 521 Å². The van der Waals surface area contributed by atoms with Gasteiger partial charge in [0.25, 0.3) is 0 Å². The second-order valence-electron chi connectivity index (χ2n) is 27.1. The summed E-state index contributed by atoms with van der Waals surface area (Å²) in [6.45, 7) is 0. The van der Waals surface area contributed by atoms with Crippen molar-refractivity contribution < 1.29 is 418 Å². The summed E-state index contributed by atoms with van der Waals surface area (Å²) >= 11 is 0. The molecule has 0 aliphatic carbocycles. The lowest BCUT2D eigenvalue weighted by atomic mass is 15.4. The smallest absolute Gasteiger partial charge is 0.369 e. The maximum atomic E-state index is 12.6. The zero-order valence-corrected chi connectivity index (χ0v) is 101. The molecule has 4 unspecified atom stereocenters. The molecule has 96 nitrogen and oxygen atoms in total. The summed E-state index contributed by atoms with van der Waals surface area (Å²) in [6, 6.07) is 0. The highest BCUT2D eigenvalue weighted by atomic mass is 28.7. The number of hydrogen-bond donors (Lipinski definition) is 33. The molecule has 30 aliphatic heterocycles. The summed E-state index contributed by atoms with van der Waals surface area (Å²) < 4.78 is 325. The molecule has 30 aliphatic rings. The predicted octanol–water partition coefficient (Wildman–Crippen LogP) is -38.2. The first-order valence-electron chi connectivity index (χ1n) is 33.2. The first kappa shape index (κ1) is 103. The monoisotopic (exact) mass is 2690 g/mol. The Morgan fingerprint density at radius 1 is 0.0882 bits per heavy atom.